The highest BCUT2D eigenvalue weighted by Gasteiger charge is 2.23. The molecular weight excluding hydrogens is 212 g/mol. The van der Waals surface area contributed by atoms with E-state index in [0.717, 1.165) is 24.2 Å². The van der Waals surface area contributed by atoms with Gasteiger partial charge in [-0.1, -0.05) is 32.4 Å². The Labute approximate surface area is 104 Å². The molecule has 0 aliphatic heterocycles. The lowest BCUT2D eigenvalue weighted by Gasteiger charge is -2.18. The van der Waals surface area contributed by atoms with E-state index in [1.54, 1.807) is 0 Å². The quantitative estimate of drug-likeness (QED) is 0.813. The van der Waals surface area contributed by atoms with E-state index >= 15 is 0 Å². The lowest BCUT2D eigenvalue weighted by molar-refractivity contribution is 0.112. The van der Waals surface area contributed by atoms with Crippen molar-refractivity contribution in [1.82, 2.24) is 0 Å². The van der Waals surface area contributed by atoms with Crippen LogP contribution in [0.4, 0.5) is 0 Å². The van der Waals surface area contributed by atoms with Gasteiger partial charge in [0.1, 0.15) is 5.75 Å². The van der Waals surface area contributed by atoms with Gasteiger partial charge in [0.2, 0.25) is 0 Å². The van der Waals surface area contributed by atoms with Gasteiger partial charge >= 0.3 is 0 Å². The second kappa shape index (κ2) is 5.54. The second-order valence-corrected chi connectivity index (χ2v) is 5.10. The van der Waals surface area contributed by atoms with Crippen LogP contribution in [0.1, 0.15) is 51.2 Å². The molecule has 2 heteroatoms. The van der Waals surface area contributed by atoms with Crippen molar-refractivity contribution in [2.75, 3.05) is 0 Å². The average molecular weight is 234 g/mol. The van der Waals surface area contributed by atoms with Gasteiger partial charge in [-0.2, -0.15) is 0 Å². The molecule has 2 rings (SSSR count). The van der Waals surface area contributed by atoms with Crippen molar-refractivity contribution >= 4 is 0 Å². The maximum atomic E-state index is 10.2. The number of hydrogen-bond acceptors (Lipinski definition) is 2. The van der Waals surface area contributed by atoms with Gasteiger partial charge < -0.3 is 9.84 Å². The smallest absolute Gasteiger partial charge is 0.119 e. The maximum Gasteiger partial charge on any atom is 0.119 e. The van der Waals surface area contributed by atoms with Gasteiger partial charge in [0, 0.05) is 0 Å². The third-order valence-corrected chi connectivity index (χ3v) is 3.33. The summed E-state index contributed by atoms with van der Waals surface area (Å²) in [6.07, 6.45) is 4.60. The molecule has 0 radical (unpaired) electrons. The zero-order valence-corrected chi connectivity index (χ0v) is 10.7. The van der Waals surface area contributed by atoms with Gasteiger partial charge in [-0.15, -0.1) is 0 Å². The first-order chi connectivity index (χ1) is 8.20. The predicted molar refractivity (Wildman–Crippen MR) is 69.1 cm³/mol. The SMILES string of the molecule is CCCC(C)C(O)c1ccc(OC2CC2)cc1. The molecule has 0 amide bonds. The summed E-state index contributed by atoms with van der Waals surface area (Å²) in [7, 11) is 0. The molecular formula is C15H22O2. The predicted octanol–water partition coefficient (Wildman–Crippen LogP) is 3.70. The lowest BCUT2D eigenvalue weighted by atomic mass is 9.94. The van der Waals surface area contributed by atoms with Gasteiger partial charge in [-0.25, -0.2) is 0 Å². The van der Waals surface area contributed by atoms with Crippen LogP contribution in [0, 0.1) is 5.92 Å². The number of aliphatic hydroxyl groups is 1. The van der Waals surface area contributed by atoms with Crippen LogP contribution in [0.15, 0.2) is 24.3 Å². The molecule has 1 saturated carbocycles. The van der Waals surface area contributed by atoms with Crippen LogP contribution >= 0.6 is 0 Å². The summed E-state index contributed by atoms with van der Waals surface area (Å²) in [6, 6.07) is 7.90. The van der Waals surface area contributed by atoms with E-state index in [1.165, 1.54) is 12.8 Å². The number of hydrogen-bond donors (Lipinski definition) is 1. The zero-order valence-electron chi connectivity index (χ0n) is 10.7. The molecule has 17 heavy (non-hydrogen) atoms. The van der Waals surface area contributed by atoms with E-state index in [1.807, 2.05) is 24.3 Å². The molecule has 0 aromatic heterocycles. The Morgan fingerprint density at radius 3 is 2.47 bits per heavy atom. The molecule has 1 aromatic rings. The summed E-state index contributed by atoms with van der Waals surface area (Å²) >= 11 is 0. The van der Waals surface area contributed by atoms with Gasteiger partial charge in [0.25, 0.3) is 0 Å². The van der Waals surface area contributed by atoms with Crippen molar-refractivity contribution in [3.8, 4) is 5.75 Å². The van der Waals surface area contributed by atoms with E-state index in [9.17, 15) is 5.11 Å². The Balaban J connectivity index is 1.95. The third-order valence-electron chi connectivity index (χ3n) is 3.33. The van der Waals surface area contributed by atoms with Gasteiger partial charge in [-0.05, 0) is 42.9 Å². The largest absolute Gasteiger partial charge is 0.490 e. The normalized spacial score (nSPS) is 18.8. The fraction of sp³-hybridized carbons (Fsp3) is 0.600. The monoisotopic (exact) mass is 234 g/mol. The van der Waals surface area contributed by atoms with Crippen molar-refractivity contribution in [1.29, 1.82) is 0 Å². The zero-order chi connectivity index (χ0) is 12.3. The van der Waals surface area contributed by atoms with Gasteiger partial charge in [-0.3, -0.25) is 0 Å². The van der Waals surface area contributed by atoms with Crippen LogP contribution in [-0.4, -0.2) is 11.2 Å². The molecule has 0 bridgehead atoms. The first kappa shape index (κ1) is 12.4. The molecule has 1 N–H and O–H groups in total. The minimum atomic E-state index is -0.357. The minimum Gasteiger partial charge on any atom is -0.490 e. The second-order valence-electron chi connectivity index (χ2n) is 5.10. The fourth-order valence-electron chi connectivity index (χ4n) is 2.06. The highest BCUT2D eigenvalue weighted by atomic mass is 16.5. The fourth-order valence-corrected chi connectivity index (χ4v) is 2.06. The van der Waals surface area contributed by atoms with Crippen molar-refractivity contribution in [3.63, 3.8) is 0 Å². The Kier molecular flexibility index (Phi) is 4.06. The Morgan fingerprint density at radius 1 is 1.29 bits per heavy atom. The van der Waals surface area contributed by atoms with E-state index in [4.69, 9.17) is 4.74 Å². The minimum absolute atomic E-state index is 0.315. The first-order valence-electron chi connectivity index (χ1n) is 6.65. The number of ether oxygens (including phenoxy) is 1. The molecule has 0 saturated heterocycles. The molecule has 1 fully saturated rings. The van der Waals surface area contributed by atoms with E-state index in [2.05, 4.69) is 13.8 Å². The summed E-state index contributed by atoms with van der Waals surface area (Å²) in [4.78, 5) is 0. The summed E-state index contributed by atoms with van der Waals surface area (Å²) in [5.41, 5.74) is 0.995. The Morgan fingerprint density at radius 2 is 1.94 bits per heavy atom. The van der Waals surface area contributed by atoms with E-state index in [0.29, 0.717) is 12.0 Å². The molecule has 94 valence electrons. The van der Waals surface area contributed by atoms with Gasteiger partial charge in [0.05, 0.1) is 12.2 Å². The molecule has 1 aromatic carbocycles. The van der Waals surface area contributed by atoms with Crippen molar-refractivity contribution in [2.24, 2.45) is 5.92 Å². The maximum absolute atomic E-state index is 10.2. The van der Waals surface area contributed by atoms with E-state index in [-0.39, 0.29) is 6.10 Å². The summed E-state index contributed by atoms with van der Waals surface area (Å²) in [5, 5.41) is 10.2. The van der Waals surface area contributed by atoms with Crippen molar-refractivity contribution in [2.45, 2.75) is 51.7 Å². The third kappa shape index (κ3) is 3.47. The lowest BCUT2D eigenvalue weighted by Crippen LogP contribution is -2.08. The number of aliphatic hydroxyl groups excluding tert-OH is 1. The van der Waals surface area contributed by atoms with Crippen LogP contribution in [0.5, 0.6) is 5.75 Å². The van der Waals surface area contributed by atoms with Crippen molar-refractivity contribution < 1.29 is 9.84 Å². The molecule has 2 atom stereocenters. The Hall–Kier alpha value is -1.02. The summed E-state index contributed by atoms with van der Waals surface area (Å²) in [5.74, 6) is 1.24. The molecule has 2 nitrogen and oxygen atoms in total. The van der Waals surface area contributed by atoms with Crippen LogP contribution < -0.4 is 4.74 Å². The van der Waals surface area contributed by atoms with Crippen molar-refractivity contribution in [3.05, 3.63) is 29.8 Å². The Bertz CT molecular complexity index is 340. The molecule has 2 unspecified atom stereocenters. The number of rotatable bonds is 6. The summed E-state index contributed by atoms with van der Waals surface area (Å²) in [6.45, 7) is 4.25. The van der Waals surface area contributed by atoms with Crippen LogP contribution in [0.3, 0.4) is 0 Å². The standard InChI is InChI=1S/C15H22O2/c1-3-4-11(2)15(16)12-5-7-13(8-6-12)17-14-9-10-14/h5-8,11,14-16H,3-4,9-10H2,1-2H3. The van der Waals surface area contributed by atoms with Crippen LogP contribution in [0.2, 0.25) is 0 Å². The summed E-state index contributed by atoms with van der Waals surface area (Å²) < 4.78 is 5.69. The number of benzene rings is 1. The molecule has 0 heterocycles. The highest BCUT2D eigenvalue weighted by molar-refractivity contribution is 5.29. The van der Waals surface area contributed by atoms with E-state index < -0.39 is 0 Å². The first-order valence-corrected chi connectivity index (χ1v) is 6.65. The molecule has 1 aliphatic carbocycles. The molecule has 1 aliphatic rings. The average Bonchev–Trinajstić information content (AvgIpc) is 3.13. The van der Waals surface area contributed by atoms with Gasteiger partial charge in [0.15, 0.2) is 0 Å². The van der Waals surface area contributed by atoms with Crippen LogP contribution in [-0.2, 0) is 0 Å². The highest BCUT2D eigenvalue weighted by Crippen LogP contribution is 2.29. The topological polar surface area (TPSA) is 29.5 Å². The molecule has 0 spiro atoms. The van der Waals surface area contributed by atoms with Crippen LogP contribution in [0.25, 0.3) is 0 Å².